The third-order valence-electron chi connectivity index (χ3n) is 3.42. The Kier molecular flexibility index (Phi) is 5.99. The maximum absolute atomic E-state index is 12.6. The number of ether oxygens (including phenoxy) is 1. The van der Waals surface area contributed by atoms with Gasteiger partial charge in [-0.2, -0.15) is 0 Å². The molecule has 2 aromatic rings. The number of sulfonamides is 1. The molecule has 2 aromatic carbocycles. The normalized spacial score (nSPS) is 11.1. The lowest BCUT2D eigenvalue weighted by atomic mass is 10.2. The second-order valence-electron chi connectivity index (χ2n) is 5.80. The average molecular weight is 376 g/mol. The fourth-order valence-electron chi connectivity index (χ4n) is 2.19. The third kappa shape index (κ3) is 4.60. The van der Waals surface area contributed by atoms with Crippen molar-refractivity contribution in [2.45, 2.75) is 24.8 Å². The van der Waals surface area contributed by atoms with Crippen molar-refractivity contribution in [2.24, 2.45) is 0 Å². The van der Waals surface area contributed by atoms with Crippen molar-refractivity contribution in [3.8, 4) is 0 Å². The molecule has 0 heterocycles. The number of esters is 1. The monoisotopic (exact) mass is 376 g/mol. The van der Waals surface area contributed by atoms with Crippen molar-refractivity contribution in [3.05, 3.63) is 59.7 Å². The standard InChI is InChI=1S/C18H20N2O5S/c1-12(2)19-17(21)13-8-10-14(11-9-13)26(23,24)20-16-7-5-4-6-15(16)18(22)25-3/h4-12,20H,1-3H3,(H,19,21). The third-order valence-corrected chi connectivity index (χ3v) is 4.80. The van der Waals surface area contributed by atoms with Crippen LogP contribution in [0.3, 0.4) is 0 Å². The van der Waals surface area contributed by atoms with E-state index in [9.17, 15) is 18.0 Å². The first kappa shape index (κ1) is 19.5. The molecule has 0 aliphatic heterocycles. The summed E-state index contributed by atoms with van der Waals surface area (Å²) in [6, 6.07) is 11.6. The molecule has 138 valence electrons. The number of hydrogen-bond donors (Lipinski definition) is 2. The Balaban J connectivity index is 2.26. The molecule has 26 heavy (non-hydrogen) atoms. The fourth-order valence-corrected chi connectivity index (χ4v) is 3.27. The maximum atomic E-state index is 12.6. The first-order valence-electron chi connectivity index (χ1n) is 7.85. The molecule has 2 N–H and O–H groups in total. The van der Waals surface area contributed by atoms with Crippen LogP contribution in [0, 0.1) is 0 Å². The summed E-state index contributed by atoms with van der Waals surface area (Å²) in [5.74, 6) is -0.933. The van der Waals surface area contributed by atoms with E-state index in [1.807, 2.05) is 13.8 Å². The van der Waals surface area contributed by atoms with Crippen LogP contribution in [0.25, 0.3) is 0 Å². The number of nitrogens with one attached hydrogen (secondary N) is 2. The summed E-state index contributed by atoms with van der Waals surface area (Å²) in [7, 11) is -2.72. The summed E-state index contributed by atoms with van der Waals surface area (Å²) in [6.07, 6.45) is 0. The van der Waals surface area contributed by atoms with Gasteiger partial charge in [-0.3, -0.25) is 9.52 Å². The smallest absolute Gasteiger partial charge is 0.339 e. The molecule has 0 aliphatic carbocycles. The predicted molar refractivity (Wildman–Crippen MR) is 97.6 cm³/mol. The zero-order valence-corrected chi connectivity index (χ0v) is 15.5. The molecule has 2 rings (SSSR count). The highest BCUT2D eigenvalue weighted by atomic mass is 32.2. The van der Waals surface area contributed by atoms with Crippen molar-refractivity contribution in [3.63, 3.8) is 0 Å². The fraction of sp³-hybridized carbons (Fsp3) is 0.222. The highest BCUT2D eigenvalue weighted by Gasteiger charge is 2.19. The van der Waals surface area contributed by atoms with Crippen LogP contribution in [-0.4, -0.2) is 33.4 Å². The lowest BCUT2D eigenvalue weighted by molar-refractivity contribution is 0.0601. The molecule has 0 saturated carbocycles. The summed E-state index contributed by atoms with van der Waals surface area (Å²) in [5.41, 5.74) is 0.570. The highest BCUT2D eigenvalue weighted by molar-refractivity contribution is 7.92. The predicted octanol–water partition coefficient (Wildman–Crippen LogP) is 2.41. The minimum absolute atomic E-state index is 0.0256. The van der Waals surface area contributed by atoms with Gasteiger partial charge in [-0.15, -0.1) is 0 Å². The first-order valence-corrected chi connectivity index (χ1v) is 9.34. The molecule has 8 heteroatoms. The first-order chi connectivity index (χ1) is 12.2. The van der Waals surface area contributed by atoms with E-state index < -0.39 is 16.0 Å². The Morgan fingerprint density at radius 1 is 1.00 bits per heavy atom. The van der Waals surface area contributed by atoms with E-state index in [0.717, 1.165) is 0 Å². The van der Waals surface area contributed by atoms with E-state index in [0.29, 0.717) is 5.56 Å². The van der Waals surface area contributed by atoms with Gasteiger partial charge in [0.05, 0.1) is 23.3 Å². The Hall–Kier alpha value is -2.87. The van der Waals surface area contributed by atoms with Crippen LogP contribution in [0.2, 0.25) is 0 Å². The number of hydrogen-bond acceptors (Lipinski definition) is 5. The number of rotatable bonds is 6. The minimum Gasteiger partial charge on any atom is -0.465 e. The van der Waals surface area contributed by atoms with Crippen LogP contribution in [-0.2, 0) is 14.8 Å². The second-order valence-corrected chi connectivity index (χ2v) is 7.48. The summed E-state index contributed by atoms with van der Waals surface area (Å²) < 4.78 is 32.1. The Labute approximate surface area is 152 Å². The number of amides is 1. The molecule has 0 unspecified atom stereocenters. The Bertz CT molecular complexity index is 905. The molecule has 1 amide bonds. The lowest BCUT2D eigenvalue weighted by Gasteiger charge is -2.12. The molecule has 7 nitrogen and oxygen atoms in total. The van der Waals surface area contributed by atoms with Crippen molar-refractivity contribution in [1.29, 1.82) is 0 Å². The number of para-hydroxylation sites is 1. The van der Waals surface area contributed by atoms with Crippen LogP contribution < -0.4 is 10.0 Å². The van der Waals surface area contributed by atoms with Crippen molar-refractivity contribution < 1.29 is 22.7 Å². The van der Waals surface area contributed by atoms with E-state index in [2.05, 4.69) is 14.8 Å². The summed E-state index contributed by atoms with van der Waals surface area (Å²) in [4.78, 5) is 23.7. The molecular formula is C18H20N2O5S. The van der Waals surface area contributed by atoms with Crippen LogP contribution in [0.4, 0.5) is 5.69 Å². The number of carbonyl (C=O) groups is 2. The Morgan fingerprint density at radius 3 is 2.19 bits per heavy atom. The van der Waals surface area contributed by atoms with Gasteiger partial charge >= 0.3 is 5.97 Å². The van der Waals surface area contributed by atoms with E-state index >= 15 is 0 Å². The SMILES string of the molecule is COC(=O)c1ccccc1NS(=O)(=O)c1ccc(C(=O)NC(C)C)cc1. The molecule has 0 fully saturated rings. The van der Waals surface area contributed by atoms with Gasteiger partial charge in [0, 0.05) is 11.6 Å². The maximum Gasteiger partial charge on any atom is 0.339 e. The molecule has 0 spiro atoms. The number of benzene rings is 2. The van der Waals surface area contributed by atoms with Gasteiger partial charge in [0.25, 0.3) is 15.9 Å². The molecule has 0 atom stereocenters. The number of carbonyl (C=O) groups excluding carboxylic acids is 2. The van der Waals surface area contributed by atoms with Crippen molar-refractivity contribution >= 4 is 27.6 Å². The highest BCUT2D eigenvalue weighted by Crippen LogP contribution is 2.21. The molecule has 0 radical (unpaired) electrons. The summed E-state index contributed by atoms with van der Waals surface area (Å²) in [5, 5.41) is 2.73. The molecule has 0 aromatic heterocycles. The molecular weight excluding hydrogens is 356 g/mol. The number of anilines is 1. The quantitative estimate of drug-likeness (QED) is 0.754. The van der Waals surface area contributed by atoms with E-state index in [-0.39, 0.29) is 28.1 Å². The second kappa shape index (κ2) is 8.01. The minimum atomic E-state index is -3.93. The zero-order chi connectivity index (χ0) is 19.3. The van der Waals surface area contributed by atoms with Crippen molar-refractivity contribution in [2.75, 3.05) is 11.8 Å². The molecule has 0 aliphatic rings. The molecule has 0 bridgehead atoms. The Morgan fingerprint density at radius 2 is 1.62 bits per heavy atom. The summed E-state index contributed by atoms with van der Waals surface area (Å²) >= 11 is 0. The molecule has 0 saturated heterocycles. The van der Waals surface area contributed by atoms with Gasteiger partial charge in [-0.25, -0.2) is 13.2 Å². The topological polar surface area (TPSA) is 102 Å². The zero-order valence-electron chi connectivity index (χ0n) is 14.6. The van der Waals surface area contributed by atoms with E-state index in [1.165, 1.54) is 43.5 Å². The van der Waals surface area contributed by atoms with Crippen molar-refractivity contribution in [1.82, 2.24) is 5.32 Å². The van der Waals surface area contributed by atoms with Gasteiger partial charge in [0.2, 0.25) is 0 Å². The van der Waals surface area contributed by atoms with Crippen LogP contribution in [0.15, 0.2) is 53.4 Å². The van der Waals surface area contributed by atoms with Gasteiger partial charge in [-0.1, -0.05) is 12.1 Å². The van der Waals surface area contributed by atoms with Crippen LogP contribution >= 0.6 is 0 Å². The van der Waals surface area contributed by atoms with E-state index in [4.69, 9.17) is 0 Å². The largest absolute Gasteiger partial charge is 0.465 e. The lowest BCUT2D eigenvalue weighted by Crippen LogP contribution is -2.30. The average Bonchev–Trinajstić information content (AvgIpc) is 2.60. The number of methoxy groups -OCH3 is 1. The van der Waals surface area contributed by atoms with Gasteiger partial charge in [0.15, 0.2) is 0 Å². The van der Waals surface area contributed by atoms with Gasteiger partial charge in [-0.05, 0) is 50.2 Å². The van der Waals surface area contributed by atoms with Crippen LogP contribution in [0.5, 0.6) is 0 Å². The van der Waals surface area contributed by atoms with Gasteiger partial charge in [0.1, 0.15) is 0 Å². The van der Waals surface area contributed by atoms with Crippen LogP contribution in [0.1, 0.15) is 34.6 Å². The summed E-state index contributed by atoms with van der Waals surface area (Å²) in [6.45, 7) is 3.67. The van der Waals surface area contributed by atoms with E-state index in [1.54, 1.807) is 12.1 Å². The van der Waals surface area contributed by atoms with Gasteiger partial charge < -0.3 is 10.1 Å².